The van der Waals surface area contributed by atoms with Crippen LogP contribution in [-0.4, -0.2) is 22.5 Å². The van der Waals surface area contributed by atoms with Gasteiger partial charge in [-0.05, 0) is 25.7 Å². The molecule has 0 aromatic rings. The fraction of sp³-hybridized carbons (Fsp3) is 1.00. The molecule has 1 rings (SSSR count). The Morgan fingerprint density at radius 3 is 2.00 bits per heavy atom. The summed E-state index contributed by atoms with van der Waals surface area (Å²) >= 11 is 0. The van der Waals surface area contributed by atoms with Crippen molar-refractivity contribution in [2.75, 3.05) is 13.2 Å². The van der Waals surface area contributed by atoms with Gasteiger partial charge >= 0.3 is 9.28 Å². The molecule has 0 heterocycles. The first-order valence-corrected chi connectivity index (χ1v) is 11.1. The quantitative estimate of drug-likeness (QED) is 0.394. The average Bonchev–Trinajstić information content (AvgIpc) is 2.75. The molecule has 0 saturated heterocycles. The predicted octanol–water partition coefficient (Wildman–Crippen LogP) is 5.45. The zero-order valence-electron chi connectivity index (χ0n) is 14.9. The van der Waals surface area contributed by atoms with Gasteiger partial charge in [0.25, 0.3) is 0 Å². The van der Waals surface area contributed by atoms with Crippen LogP contribution >= 0.6 is 0 Å². The second kappa shape index (κ2) is 11.7. The van der Waals surface area contributed by atoms with Crippen LogP contribution in [0.3, 0.4) is 0 Å². The zero-order valence-corrected chi connectivity index (χ0v) is 16.1. The highest BCUT2D eigenvalue weighted by molar-refractivity contribution is 6.46. The summed E-state index contributed by atoms with van der Waals surface area (Å²) in [5.41, 5.74) is 0.717. The van der Waals surface area contributed by atoms with Crippen molar-refractivity contribution in [1.82, 2.24) is 0 Å². The molecule has 1 aliphatic rings. The molecule has 0 radical (unpaired) electrons. The minimum atomic E-state index is -1.54. The van der Waals surface area contributed by atoms with Crippen molar-refractivity contribution in [2.24, 2.45) is 11.8 Å². The van der Waals surface area contributed by atoms with Crippen molar-refractivity contribution in [1.29, 1.82) is 0 Å². The molecular formula is C18H38O2Si. The van der Waals surface area contributed by atoms with Crippen LogP contribution in [0.1, 0.15) is 85.5 Å². The highest BCUT2D eigenvalue weighted by Crippen LogP contribution is 2.41. The number of unbranched alkanes of at least 4 members (excludes halogenated alkanes) is 1. The zero-order chi connectivity index (χ0) is 15.5. The van der Waals surface area contributed by atoms with E-state index in [9.17, 15) is 0 Å². The Bertz CT molecular complexity index is 231. The minimum Gasteiger partial charge on any atom is -0.397 e. The fourth-order valence-electron chi connectivity index (χ4n) is 3.97. The van der Waals surface area contributed by atoms with Crippen LogP contribution in [0.4, 0.5) is 0 Å². The van der Waals surface area contributed by atoms with E-state index in [0.717, 1.165) is 30.6 Å². The Morgan fingerprint density at radius 2 is 1.52 bits per heavy atom. The molecule has 0 bridgehead atoms. The summed E-state index contributed by atoms with van der Waals surface area (Å²) in [4.78, 5) is 0. The van der Waals surface area contributed by atoms with E-state index >= 15 is 0 Å². The van der Waals surface area contributed by atoms with Gasteiger partial charge in [0.1, 0.15) is 0 Å². The van der Waals surface area contributed by atoms with E-state index in [2.05, 4.69) is 27.7 Å². The molecule has 0 aromatic heterocycles. The maximum atomic E-state index is 6.16. The van der Waals surface area contributed by atoms with Crippen LogP contribution < -0.4 is 0 Å². The molecule has 2 nitrogen and oxygen atoms in total. The summed E-state index contributed by atoms with van der Waals surface area (Å²) < 4.78 is 12.3. The van der Waals surface area contributed by atoms with Crippen molar-refractivity contribution < 1.29 is 8.85 Å². The number of hydrogen-bond donors (Lipinski definition) is 0. The maximum absolute atomic E-state index is 6.16. The molecule has 1 aliphatic carbocycles. The van der Waals surface area contributed by atoms with Crippen molar-refractivity contribution in [2.45, 2.75) is 91.0 Å². The van der Waals surface area contributed by atoms with E-state index in [0.29, 0.717) is 0 Å². The third-order valence-electron chi connectivity index (χ3n) is 5.09. The van der Waals surface area contributed by atoms with Gasteiger partial charge < -0.3 is 8.85 Å². The molecule has 0 aliphatic heterocycles. The second-order valence-electron chi connectivity index (χ2n) is 6.73. The number of rotatable bonds is 10. The Hall–Kier alpha value is 0.137. The standard InChI is InChI=1S/C18H38O2Si/c1-5-8-13-16(4)18(21(19-6-2)20-7-3)17-14-11-9-10-12-15-17/h16-18,21H,5-15H2,1-4H3. The van der Waals surface area contributed by atoms with Crippen LogP contribution in [-0.2, 0) is 8.85 Å². The Kier molecular flexibility index (Phi) is 10.7. The number of hydrogen-bond acceptors (Lipinski definition) is 2. The lowest BCUT2D eigenvalue weighted by atomic mass is 9.86. The van der Waals surface area contributed by atoms with Crippen LogP contribution in [0, 0.1) is 11.8 Å². The molecule has 2 atom stereocenters. The first kappa shape index (κ1) is 19.2. The normalized spacial score (nSPS) is 20.4. The van der Waals surface area contributed by atoms with Crippen molar-refractivity contribution in [3.8, 4) is 0 Å². The highest BCUT2D eigenvalue weighted by atomic mass is 28.3. The van der Waals surface area contributed by atoms with Crippen LogP contribution in [0.25, 0.3) is 0 Å². The monoisotopic (exact) mass is 314 g/mol. The summed E-state index contributed by atoms with van der Waals surface area (Å²) in [6, 6.07) is 0. The maximum Gasteiger partial charge on any atom is 0.325 e. The Balaban J connectivity index is 2.78. The first-order chi connectivity index (χ1) is 10.2. The Labute approximate surface area is 134 Å². The molecule has 21 heavy (non-hydrogen) atoms. The highest BCUT2D eigenvalue weighted by Gasteiger charge is 2.36. The van der Waals surface area contributed by atoms with Gasteiger partial charge in [-0.15, -0.1) is 0 Å². The van der Waals surface area contributed by atoms with Crippen LogP contribution in [0.15, 0.2) is 0 Å². The first-order valence-electron chi connectivity index (χ1n) is 9.47. The molecule has 1 fully saturated rings. The largest absolute Gasteiger partial charge is 0.397 e. The van der Waals surface area contributed by atoms with E-state index in [1.165, 1.54) is 57.8 Å². The average molecular weight is 315 g/mol. The van der Waals surface area contributed by atoms with E-state index in [1.54, 1.807) is 0 Å². The Morgan fingerprint density at radius 1 is 0.952 bits per heavy atom. The molecule has 0 spiro atoms. The summed E-state index contributed by atoms with van der Waals surface area (Å²) in [6.45, 7) is 10.7. The SMILES string of the molecule is CCCCC(C)C(C1CCCCCC1)[SiH](OCC)OCC. The smallest absolute Gasteiger partial charge is 0.325 e. The summed E-state index contributed by atoms with van der Waals surface area (Å²) in [7, 11) is -1.54. The summed E-state index contributed by atoms with van der Waals surface area (Å²) in [6.07, 6.45) is 12.5. The third-order valence-corrected chi connectivity index (χ3v) is 8.24. The van der Waals surface area contributed by atoms with E-state index in [-0.39, 0.29) is 0 Å². The lowest BCUT2D eigenvalue weighted by Gasteiger charge is -2.35. The lowest BCUT2D eigenvalue weighted by molar-refractivity contribution is 0.172. The molecule has 3 heteroatoms. The second-order valence-corrected chi connectivity index (χ2v) is 8.90. The molecule has 2 unspecified atom stereocenters. The fourth-order valence-corrected chi connectivity index (χ4v) is 6.72. The van der Waals surface area contributed by atoms with Gasteiger partial charge in [-0.1, -0.05) is 71.6 Å². The third kappa shape index (κ3) is 6.83. The van der Waals surface area contributed by atoms with Crippen LogP contribution in [0.5, 0.6) is 0 Å². The predicted molar refractivity (Wildman–Crippen MR) is 94.0 cm³/mol. The van der Waals surface area contributed by atoms with Crippen molar-refractivity contribution >= 4 is 9.28 Å². The van der Waals surface area contributed by atoms with Crippen molar-refractivity contribution in [3.05, 3.63) is 0 Å². The van der Waals surface area contributed by atoms with Gasteiger partial charge in [0.05, 0.1) is 0 Å². The van der Waals surface area contributed by atoms with Gasteiger partial charge in [0, 0.05) is 18.8 Å². The molecule has 126 valence electrons. The van der Waals surface area contributed by atoms with E-state index in [1.807, 2.05) is 0 Å². The topological polar surface area (TPSA) is 18.5 Å². The van der Waals surface area contributed by atoms with Gasteiger partial charge in [-0.2, -0.15) is 0 Å². The molecule has 0 amide bonds. The molecule has 0 aromatic carbocycles. The van der Waals surface area contributed by atoms with Crippen molar-refractivity contribution in [3.63, 3.8) is 0 Å². The summed E-state index contributed by atoms with van der Waals surface area (Å²) in [5, 5.41) is 0. The van der Waals surface area contributed by atoms with Gasteiger partial charge in [-0.3, -0.25) is 0 Å². The molecular weight excluding hydrogens is 276 g/mol. The molecule has 0 N–H and O–H groups in total. The van der Waals surface area contributed by atoms with E-state index < -0.39 is 9.28 Å². The van der Waals surface area contributed by atoms with Crippen LogP contribution in [0.2, 0.25) is 5.54 Å². The summed E-state index contributed by atoms with van der Waals surface area (Å²) in [5.74, 6) is 1.62. The van der Waals surface area contributed by atoms with Gasteiger partial charge in [0.15, 0.2) is 0 Å². The minimum absolute atomic E-state index is 0.717. The van der Waals surface area contributed by atoms with Gasteiger partial charge in [0.2, 0.25) is 0 Å². The molecule has 1 saturated carbocycles. The van der Waals surface area contributed by atoms with E-state index in [4.69, 9.17) is 8.85 Å². The lowest BCUT2D eigenvalue weighted by Crippen LogP contribution is -2.37. The van der Waals surface area contributed by atoms with Gasteiger partial charge in [-0.25, -0.2) is 0 Å².